The van der Waals surface area contributed by atoms with Crippen LogP contribution in [-0.4, -0.2) is 25.8 Å². The van der Waals surface area contributed by atoms with Gasteiger partial charge in [0.05, 0.1) is 22.1 Å². The summed E-state index contributed by atoms with van der Waals surface area (Å²) >= 11 is 0. The Morgan fingerprint density at radius 2 is 1.48 bits per heavy atom. The molecular weight excluding hydrogens is 312 g/mol. The Morgan fingerprint density at radius 1 is 0.880 bits per heavy atom. The SMILES string of the molecule is CC(=C(C)c1nc2ccc(C(=N)N)cc2[nH]1)c1nc2ccccc2[nH]1. The number of nitrogens with one attached hydrogen (secondary N) is 3. The van der Waals surface area contributed by atoms with Crippen molar-refractivity contribution >= 4 is 39.0 Å². The molecule has 6 heteroatoms. The zero-order valence-corrected chi connectivity index (χ0v) is 14.0. The van der Waals surface area contributed by atoms with E-state index in [0.717, 1.165) is 44.9 Å². The Hall–Kier alpha value is -3.41. The zero-order valence-electron chi connectivity index (χ0n) is 14.0. The van der Waals surface area contributed by atoms with Crippen LogP contribution in [0.2, 0.25) is 0 Å². The Labute approximate surface area is 144 Å². The Bertz CT molecular complexity index is 1110. The van der Waals surface area contributed by atoms with Crippen LogP contribution in [0.15, 0.2) is 42.5 Å². The number of nitrogens with two attached hydrogens (primary N) is 1. The van der Waals surface area contributed by atoms with Crippen molar-refractivity contribution in [3.8, 4) is 0 Å². The molecule has 4 rings (SSSR count). The molecule has 0 fully saturated rings. The highest BCUT2D eigenvalue weighted by atomic mass is 14.9. The van der Waals surface area contributed by atoms with Crippen LogP contribution in [0.4, 0.5) is 0 Å². The van der Waals surface area contributed by atoms with Gasteiger partial charge in [-0.05, 0) is 55.3 Å². The number of fused-ring (bicyclic) bond motifs is 2. The van der Waals surface area contributed by atoms with Gasteiger partial charge < -0.3 is 15.7 Å². The molecule has 4 aromatic rings. The molecule has 0 spiro atoms. The maximum absolute atomic E-state index is 7.56. The molecule has 2 aromatic carbocycles. The van der Waals surface area contributed by atoms with Gasteiger partial charge in [-0.25, -0.2) is 9.97 Å². The molecule has 2 aromatic heterocycles. The number of nitrogen functional groups attached to an aromatic ring is 1. The maximum atomic E-state index is 7.56. The van der Waals surface area contributed by atoms with Gasteiger partial charge in [0.15, 0.2) is 0 Å². The third kappa shape index (κ3) is 2.57. The highest BCUT2D eigenvalue weighted by molar-refractivity contribution is 5.98. The summed E-state index contributed by atoms with van der Waals surface area (Å²) in [5.41, 5.74) is 11.9. The molecular formula is C19H18N6. The van der Waals surface area contributed by atoms with E-state index in [9.17, 15) is 0 Å². The van der Waals surface area contributed by atoms with Gasteiger partial charge in [0, 0.05) is 5.56 Å². The van der Waals surface area contributed by atoms with Gasteiger partial charge >= 0.3 is 0 Å². The second-order valence-corrected chi connectivity index (χ2v) is 6.08. The normalized spacial score (nSPS) is 12.6. The quantitative estimate of drug-likeness (QED) is 0.340. The van der Waals surface area contributed by atoms with E-state index in [4.69, 9.17) is 11.1 Å². The van der Waals surface area contributed by atoms with Crippen LogP contribution in [0, 0.1) is 5.41 Å². The number of para-hydroxylation sites is 2. The number of imidazole rings is 2. The van der Waals surface area contributed by atoms with E-state index in [1.165, 1.54) is 0 Å². The lowest BCUT2D eigenvalue weighted by Gasteiger charge is -2.02. The van der Waals surface area contributed by atoms with Crippen LogP contribution in [-0.2, 0) is 0 Å². The van der Waals surface area contributed by atoms with Gasteiger partial charge in [0.1, 0.15) is 17.5 Å². The number of rotatable bonds is 3. The molecule has 0 radical (unpaired) electrons. The predicted molar refractivity (Wildman–Crippen MR) is 101 cm³/mol. The Kier molecular flexibility index (Phi) is 3.39. The van der Waals surface area contributed by atoms with E-state index < -0.39 is 0 Å². The van der Waals surface area contributed by atoms with E-state index in [2.05, 4.69) is 19.9 Å². The van der Waals surface area contributed by atoms with Crippen molar-refractivity contribution in [2.45, 2.75) is 13.8 Å². The summed E-state index contributed by atoms with van der Waals surface area (Å²) in [6.45, 7) is 4.05. The van der Waals surface area contributed by atoms with Gasteiger partial charge in [-0.15, -0.1) is 0 Å². The number of nitrogens with zero attached hydrogens (tertiary/aromatic N) is 2. The minimum atomic E-state index is 0.0452. The maximum Gasteiger partial charge on any atom is 0.134 e. The minimum absolute atomic E-state index is 0.0452. The van der Waals surface area contributed by atoms with E-state index in [-0.39, 0.29) is 5.84 Å². The highest BCUT2D eigenvalue weighted by Crippen LogP contribution is 2.26. The fourth-order valence-electron chi connectivity index (χ4n) is 2.84. The molecule has 0 atom stereocenters. The fraction of sp³-hybridized carbons (Fsp3) is 0.105. The monoisotopic (exact) mass is 330 g/mol. The lowest BCUT2D eigenvalue weighted by atomic mass is 10.1. The first-order chi connectivity index (χ1) is 12.0. The number of allylic oxidation sites excluding steroid dienone is 2. The van der Waals surface area contributed by atoms with Crippen molar-refractivity contribution < 1.29 is 0 Å². The largest absolute Gasteiger partial charge is 0.384 e. The fourth-order valence-corrected chi connectivity index (χ4v) is 2.84. The molecule has 2 heterocycles. The van der Waals surface area contributed by atoms with E-state index >= 15 is 0 Å². The van der Waals surface area contributed by atoms with Crippen LogP contribution < -0.4 is 5.73 Å². The van der Waals surface area contributed by atoms with Gasteiger partial charge in [0.25, 0.3) is 0 Å². The smallest absolute Gasteiger partial charge is 0.134 e. The van der Waals surface area contributed by atoms with Gasteiger partial charge in [-0.2, -0.15) is 0 Å². The second kappa shape index (κ2) is 5.59. The Balaban J connectivity index is 1.80. The second-order valence-electron chi connectivity index (χ2n) is 6.08. The summed E-state index contributed by atoms with van der Waals surface area (Å²) in [6.07, 6.45) is 0. The molecule has 0 saturated heterocycles. The molecule has 0 saturated carbocycles. The summed E-state index contributed by atoms with van der Waals surface area (Å²) in [4.78, 5) is 16.0. The summed E-state index contributed by atoms with van der Waals surface area (Å²) < 4.78 is 0. The number of H-pyrrole nitrogens is 2. The molecule has 0 bridgehead atoms. The van der Waals surface area contributed by atoms with Crippen LogP contribution >= 0.6 is 0 Å². The van der Waals surface area contributed by atoms with Crippen LogP contribution in [0.1, 0.15) is 31.1 Å². The number of hydrogen-bond donors (Lipinski definition) is 4. The van der Waals surface area contributed by atoms with Crippen LogP contribution in [0.5, 0.6) is 0 Å². The molecule has 6 nitrogen and oxygen atoms in total. The molecule has 0 unspecified atom stereocenters. The lowest BCUT2D eigenvalue weighted by Crippen LogP contribution is -2.10. The average molecular weight is 330 g/mol. The zero-order chi connectivity index (χ0) is 17.6. The van der Waals surface area contributed by atoms with Crippen LogP contribution in [0.3, 0.4) is 0 Å². The number of aromatic nitrogens is 4. The van der Waals surface area contributed by atoms with Gasteiger partial charge in [0.2, 0.25) is 0 Å². The van der Waals surface area contributed by atoms with Crippen LogP contribution in [0.25, 0.3) is 33.2 Å². The first-order valence-corrected chi connectivity index (χ1v) is 8.00. The van der Waals surface area contributed by atoms with E-state index in [1.807, 2.05) is 50.2 Å². The lowest BCUT2D eigenvalue weighted by molar-refractivity contribution is 1.22. The number of amidine groups is 1. The summed E-state index contributed by atoms with van der Waals surface area (Å²) in [6, 6.07) is 13.5. The summed E-state index contributed by atoms with van der Waals surface area (Å²) in [5, 5.41) is 7.56. The number of hydrogen-bond acceptors (Lipinski definition) is 3. The van der Waals surface area contributed by atoms with E-state index in [1.54, 1.807) is 6.07 Å². The topological polar surface area (TPSA) is 107 Å². The van der Waals surface area contributed by atoms with E-state index in [0.29, 0.717) is 5.56 Å². The van der Waals surface area contributed by atoms with Crippen molar-refractivity contribution in [1.82, 2.24) is 19.9 Å². The van der Waals surface area contributed by atoms with Gasteiger partial charge in [-0.3, -0.25) is 5.41 Å². The van der Waals surface area contributed by atoms with Crippen molar-refractivity contribution in [2.24, 2.45) is 5.73 Å². The molecule has 25 heavy (non-hydrogen) atoms. The minimum Gasteiger partial charge on any atom is -0.384 e. The van der Waals surface area contributed by atoms with Gasteiger partial charge in [-0.1, -0.05) is 12.1 Å². The summed E-state index contributed by atoms with van der Waals surface area (Å²) in [7, 11) is 0. The standard InChI is InChI=1S/C19H18N6/c1-10(18-22-13-5-3-4-6-14(13)23-18)11(2)19-24-15-8-7-12(17(20)21)9-16(15)25-19/h3-9H,1-2H3,(H3,20,21)(H,22,23)(H,24,25). The van der Waals surface area contributed by atoms with Crippen molar-refractivity contribution in [3.05, 3.63) is 59.7 Å². The van der Waals surface area contributed by atoms with Crippen molar-refractivity contribution in [2.75, 3.05) is 0 Å². The predicted octanol–water partition coefficient (Wildman–Crippen LogP) is 3.67. The Morgan fingerprint density at radius 3 is 2.12 bits per heavy atom. The molecule has 0 aliphatic heterocycles. The van der Waals surface area contributed by atoms with Crippen molar-refractivity contribution in [3.63, 3.8) is 0 Å². The molecule has 0 aliphatic carbocycles. The average Bonchev–Trinajstić information content (AvgIpc) is 3.23. The number of benzene rings is 2. The van der Waals surface area contributed by atoms with Crippen molar-refractivity contribution in [1.29, 1.82) is 5.41 Å². The molecule has 0 amide bonds. The summed E-state index contributed by atoms with van der Waals surface area (Å²) in [5.74, 6) is 1.67. The number of aromatic amines is 2. The third-order valence-electron chi connectivity index (χ3n) is 4.46. The molecule has 5 N–H and O–H groups in total. The molecule has 124 valence electrons. The highest BCUT2D eigenvalue weighted by Gasteiger charge is 2.12. The first-order valence-electron chi connectivity index (χ1n) is 8.00. The third-order valence-corrected chi connectivity index (χ3v) is 4.46. The molecule has 0 aliphatic rings. The first kappa shape index (κ1) is 15.1.